The highest BCUT2D eigenvalue weighted by molar-refractivity contribution is 6.31. The smallest absolute Gasteiger partial charge is 0.0551 e. The van der Waals surface area contributed by atoms with E-state index in [1.807, 2.05) is 0 Å². The second kappa shape index (κ2) is 5.36. The molecule has 0 saturated heterocycles. The topological polar surface area (TPSA) is 15.8 Å². The normalized spacial score (nSPS) is 12.1. The van der Waals surface area contributed by atoms with Crippen molar-refractivity contribution in [2.24, 2.45) is 0 Å². The van der Waals surface area contributed by atoms with Gasteiger partial charge in [-0.1, -0.05) is 91.0 Å². The summed E-state index contributed by atoms with van der Waals surface area (Å²) in [5, 5.41) is 5.33. The van der Waals surface area contributed by atoms with Gasteiger partial charge in [0.1, 0.15) is 0 Å². The van der Waals surface area contributed by atoms with Crippen LogP contribution in [0.5, 0.6) is 0 Å². The Morgan fingerprint density at radius 3 is 1.93 bits per heavy atom. The molecule has 1 N–H and O–H groups in total. The third-order valence-electron chi connectivity index (χ3n) is 6.35. The zero-order valence-corrected chi connectivity index (χ0v) is 15.7. The molecule has 0 bridgehead atoms. The van der Waals surface area contributed by atoms with E-state index < -0.39 is 0 Å². The lowest BCUT2D eigenvalue weighted by atomic mass is 9.92. The first-order chi connectivity index (χ1) is 14.4. The molecule has 1 aliphatic rings. The summed E-state index contributed by atoms with van der Waals surface area (Å²) in [4.78, 5) is 3.77. The van der Waals surface area contributed by atoms with Crippen LogP contribution in [0.1, 0.15) is 0 Å². The van der Waals surface area contributed by atoms with E-state index in [1.54, 1.807) is 0 Å². The first-order valence-corrected chi connectivity index (χ1v) is 10.1. The molecule has 0 radical (unpaired) electrons. The summed E-state index contributed by atoms with van der Waals surface area (Å²) in [7, 11) is 0. The van der Waals surface area contributed by atoms with Crippen LogP contribution >= 0.6 is 0 Å². The zero-order chi connectivity index (χ0) is 18.9. The maximum Gasteiger partial charge on any atom is 0.0551 e. The molecule has 1 aromatic heterocycles. The van der Waals surface area contributed by atoms with Gasteiger partial charge >= 0.3 is 0 Å². The molecule has 1 aliphatic carbocycles. The lowest BCUT2D eigenvalue weighted by Gasteiger charge is -2.12. The van der Waals surface area contributed by atoms with E-state index in [1.165, 1.54) is 66.0 Å². The van der Waals surface area contributed by atoms with Crippen molar-refractivity contribution in [2.45, 2.75) is 0 Å². The number of aromatic nitrogens is 1. The molecule has 134 valence electrons. The maximum absolute atomic E-state index is 3.77. The fourth-order valence-corrected chi connectivity index (χ4v) is 5.13. The number of hydrogen-bond donors (Lipinski definition) is 1. The lowest BCUT2D eigenvalue weighted by Crippen LogP contribution is -1.87. The fourth-order valence-electron chi connectivity index (χ4n) is 5.13. The van der Waals surface area contributed by atoms with Crippen LogP contribution in [0, 0.1) is 0 Å². The summed E-state index contributed by atoms with van der Waals surface area (Å²) in [6.45, 7) is 0. The van der Waals surface area contributed by atoms with E-state index in [2.05, 4.69) is 102 Å². The predicted octanol–water partition coefficient (Wildman–Crippen LogP) is 7.79. The van der Waals surface area contributed by atoms with E-state index in [9.17, 15) is 0 Å². The van der Waals surface area contributed by atoms with Gasteiger partial charge in [0, 0.05) is 21.9 Å². The molecule has 1 nitrogen and oxygen atoms in total. The maximum atomic E-state index is 3.77. The molecule has 0 atom stereocenters. The molecule has 6 aromatic rings. The van der Waals surface area contributed by atoms with Crippen LogP contribution in [0.2, 0.25) is 0 Å². The molecule has 0 amide bonds. The van der Waals surface area contributed by atoms with Gasteiger partial charge in [0.25, 0.3) is 0 Å². The van der Waals surface area contributed by atoms with E-state index in [0.29, 0.717) is 0 Å². The molecule has 1 heterocycles. The Morgan fingerprint density at radius 2 is 1.10 bits per heavy atom. The summed E-state index contributed by atoms with van der Waals surface area (Å²) in [5.74, 6) is 0. The lowest BCUT2D eigenvalue weighted by molar-refractivity contribution is 1.53. The van der Waals surface area contributed by atoms with Gasteiger partial charge in [-0.2, -0.15) is 0 Å². The summed E-state index contributed by atoms with van der Waals surface area (Å²) in [5.41, 5.74) is 10.2. The largest absolute Gasteiger partial charge is 0.354 e. The first-order valence-electron chi connectivity index (χ1n) is 10.1. The molecular formula is C28H17N. The minimum atomic E-state index is 1.21. The highest BCUT2D eigenvalue weighted by atomic mass is 14.7. The zero-order valence-electron chi connectivity index (χ0n) is 15.7. The Hall–Kier alpha value is -3.84. The summed E-state index contributed by atoms with van der Waals surface area (Å²) < 4.78 is 0. The van der Waals surface area contributed by atoms with Crippen LogP contribution in [-0.4, -0.2) is 4.98 Å². The molecule has 0 saturated carbocycles. The Morgan fingerprint density at radius 1 is 0.414 bits per heavy atom. The number of H-pyrrole nitrogens is 1. The van der Waals surface area contributed by atoms with Gasteiger partial charge in [-0.3, -0.25) is 0 Å². The van der Waals surface area contributed by atoms with Gasteiger partial charge in [-0.05, 0) is 44.7 Å². The van der Waals surface area contributed by atoms with Gasteiger partial charge < -0.3 is 4.98 Å². The highest BCUT2D eigenvalue weighted by Crippen LogP contribution is 2.49. The summed E-state index contributed by atoms with van der Waals surface area (Å²) in [6, 6.07) is 35.2. The average Bonchev–Trinajstić information content (AvgIpc) is 3.13. The second-order valence-corrected chi connectivity index (χ2v) is 7.84. The van der Waals surface area contributed by atoms with Gasteiger partial charge in [0.05, 0.1) is 5.52 Å². The molecule has 0 spiro atoms. The van der Waals surface area contributed by atoms with Crippen LogP contribution < -0.4 is 0 Å². The standard InChI is InChI=1S/C28H17N/c1-2-7-17(8-3-1)19-14-15-23-21-11-5-4-10-20(21)22-12-6-9-18-13-16-24-27(25(18)22)26(23)28(19)29-24/h1-16,29H. The third-order valence-corrected chi connectivity index (χ3v) is 6.35. The molecule has 1 heteroatoms. The molecule has 0 aliphatic heterocycles. The minimum absolute atomic E-state index is 1.21. The highest BCUT2D eigenvalue weighted by Gasteiger charge is 2.23. The Bertz CT molecular complexity index is 1590. The number of aromatic amines is 1. The van der Waals surface area contributed by atoms with Crippen LogP contribution in [0.3, 0.4) is 0 Å². The third kappa shape index (κ3) is 1.89. The van der Waals surface area contributed by atoms with Crippen molar-refractivity contribution in [1.29, 1.82) is 0 Å². The molecule has 5 aromatic carbocycles. The van der Waals surface area contributed by atoms with Gasteiger partial charge in [0.15, 0.2) is 0 Å². The molecule has 29 heavy (non-hydrogen) atoms. The fraction of sp³-hybridized carbons (Fsp3) is 0. The number of fused-ring (bicyclic) bond motifs is 3. The minimum Gasteiger partial charge on any atom is -0.354 e. The predicted molar refractivity (Wildman–Crippen MR) is 123 cm³/mol. The quantitative estimate of drug-likeness (QED) is 0.305. The molecule has 7 rings (SSSR count). The van der Waals surface area contributed by atoms with Crippen molar-refractivity contribution in [1.82, 2.24) is 4.98 Å². The first kappa shape index (κ1) is 15.1. The Balaban J connectivity index is 1.79. The Kier molecular flexibility index (Phi) is 2.80. The molecule has 0 unspecified atom stereocenters. The van der Waals surface area contributed by atoms with E-state index >= 15 is 0 Å². The van der Waals surface area contributed by atoms with Crippen LogP contribution in [0.15, 0.2) is 97.1 Å². The van der Waals surface area contributed by atoms with E-state index in [-0.39, 0.29) is 0 Å². The van der Waals surface area contributed by atoms with Crippen molar-refractivity contribution >= 4 is 32.6 Å². The van der Waals surface area contributed by atoms with Gasteiger partial charge in [-0.15, -0.1) is 0 Å². The summed E-state index contributed by atoms with van der Waals surface area (Å²) >= 11 is 0. The average molecular weight is 367 g/mol. The number of benzene rings is 5. The summed E-state index contributed by atoms with van der Waals surface area (Å²) in [6.07, 6.45) is 0. The van der Waals surface area contributed by atoms with Crippen LogP contribution in [0.4, 0.5) is 0 Å². The number of rotatable bonds is 1. The monoisotopic (exact) mass is 367 g/mol. The van der Waals surface area contributed by atoms with Gasteiger partial charge in [-0.25, -0.2) is 0 Å². The van der Waals surface area contributed by atoms with Crippen molar-refractivity contribution < 1.29 is 0 Å². The van der Waals surface area contributed by atoms with Crippen molar-refractivity contribution in [3.63, 3.8) is 0 Å². The van der Waals surface area contributed by atoms with E-state index in [4.69, 9.17) is 0 Å². The van der Waals surface area contributed by atoms with Gasteiger partial charge in [0.2, 0.25) is 0 Å². The van der Waals surface area contributed by atoms with Crippen molar-refractivity contribution in [3.8, 4) is 33.4 Å². The SMILES string of the molecule is c1ccc(-c2ccc3c4c2[nH]c2ccc5cccc(c5c24)-c2ccccc2-3)cc1. The molecular weight excluding hydrogens is 350 g/mol. The van der Waals surface area contributed by atoms with Crippen LogP contribution in [0.25, 0.3) is 66.0 Å². The Labute approximate surface area is 168 Å². The van der Waals surface area contributed by atoms with Crippen LogP contribution in [-0.2, 0) is 0 Å². The van der Waals surface area contributed by atoms with E-state index in [0.717, 1.165) is 0 Å². The van der Waals surface area contributed by atoms with Crippen molar-refractivity contribution in [3.05, 3.63) is 97.1 Å². The second-order valence-electron chi connectivity index (χ2n) is 7.84. The molecule has 0 fully saturated rings. The number of hydrogen-bond acceptors (Lipinski definition) is 0. The van der Waals surface area contributed by atoms with Crippen molar-refractivity contribution in [2.75, 3.05) is 0 Å². The number of nitrogens with one attached hydrogen (secondary N) is 1.